The molecular formula is C15H23ClFN. The molecule has 0 aliphatic heterocycles. The molecule has 1 aromatic rings. The fourth-order valence-corrected chi connectivity index (χ4v) is 2.43. The van der Waals surface area contributed by atoms with Gasteiger partial charge in [0.25, 0.3) is 0 Å². The Labute approximate surface area is 115 Å². The lowest BCUT2D eigenvalue weighted by molar-refractivity contribution is 0.362. The van der Waals surface area contributed by atoms with Gasteiger partial charge in [0.1, 0.15) is 5.82 Å². The highest BCUT2D eigenvalue weighted by Crippen LogP contribution is 2.23. The number of hydrogen-bond acceptors (Lipinski definition) is 1. The number of hydrogen-bond donors (Lipinski definition) is 1. The third kappa shape index (κ3) is 4.58. The Hall–Kier alpha value is -0.600. The van der Waals surface area contributed by atoms with Crippen molar-refractivity contribution >= 4 is 11.6 Å². The molecule has 2 atom stereocenters. The SMILES string of the molecule is CCCNC(C)C(CC)Cc1ccc(F)cc1Cl. The Morgan fingerprint density at radius 3 is 2.61 bits per heavy atom. The van der Waals surface area contributed by atoms with E-state index in [9.17, 15) is 4.39 Å². The van der Waals surface area contributed by atoms with E-state index in [1.807, 2.05) is 0 Å². The number of benzene rings is 1. The van der Waals surface area contributed by atoms with Gasteiger partial charge in [-0.05, 0) is 49.9 Å². The van der Waals surface area contributed by atoms with Crippen molar-refractivity contribution in [2.45, 2.75) is 46.1 Å². The molecule has 0 aliphatic rings. The van der Waals surface area contributed by atoms with Crippen LogP contribution in [0.4, 0.5) is 4.39 Å². The monoisotopic (exact) mass is 271 g/mol. The highest BCUT2D eigenvalue weighted by atomic mass is 35.5. The van der Waals surface area contributed by atoms with E-state index in [1.165, 1.54) is 12.1 Å². The van der Waals surface area contributed by atoms with Crippen molar-refractivity contribution in [3.05, 3.63) is 34.6 Å². The molecule has 0 amide bonds. The summed E-state index contributed by atoms with van der Waals surface area (Å²) in [5, 5.41) is 4.06. The maximum absolute atomic E-state index is 13.0. The van der Waals surface area contributed by atoms with Crippen molar-refractivity contribution in [1.29, 1.82) is 0 Å². The average Bonchev–Trinajstić information content (AvgIpc) is 2.35. The third-order valence-corrected chi connectivity index (χ3v) is 3.80. The zero-order valence-corrected chi connectivity index (χ0v) is 12.2. The van der Waals surface area contributed by atoms with Crippen LogP contribution in [0.1, 0.15) is 39.2 Å². The molecule has 0 radical (unpaired) electrons. The highest BCUT2D eigenvalue weighted by molar-refractivity contribution is 6.31. The van der Waals surface area contributed by atoms with Crippen LogP contribution < -0.4 is 5.32 Å². The summed E-state index contributed by atoms with van der Waals surface area (Å²) in [6.07, 6.45) is 3.12. The molecule has 0 saturated carbocycles. The van der Waals surface area contributed by atoms with Gasteiger partial charge >= 0.3 is 0 Å². The number of nitrogens with one attached hydrogen (secondary N) is 1. The minimum atomic E-state index is -0.269. The van der Waals surface area contributed by atoms with Crippen molar-refractivity contribution in [2.75, 3.05) is 6.54 Å². The lowest BCUT2D eigenvalue weighted by atomic mass is 9.90. The van der Waals surface area contributed by atoms with Gasteiger partial charge in [0.2, 0.25) is 0 Å². The van der Waals surface area contributed by atoms with Crippen molar-refractivity contribution in [1.82, 2.24) is 5.32 Å². The molecule has 0 aliphatic carbocycles. The summed E-state index contributed by atoms with van der Waals surface area (Å²) >= 11 is 6.08. The zero-order chi connectivity index (χ0) is 13.5. The molecule has 0 spiro atoms. The largest absolute Gasteiger partial charge is 0.314 e. The molecule has 0 heterocycles. The van der Waals surface area contributed by atoms with E-state index in [4.69, 9.17) is 11.6 Å². The van der Waals surface area contributed by atoms with Gasteiger partial charge in [-0.2, -0.15) is 0 Å². The van der Waals surface area contributed by atoms with Gasteiger partial charge < -0.3 is 5.32 Å². The molecule has 102 valence electrons. The number of halogens is 2. The second kappa shape index (κ2) is 7.75. The minimum absolute atomic E-state index is 0.269. The van der Waals surface area contributed by atoms with Crippen LogP contribution in [0.25, 0.3) is 0 Å². The normalized spacial score (nSPS) is 14.5. The van der Waals surface area contributed by atoms with Gasteiger partial charge in [-0.15, -0.1) is 0 Å². The van der Waals surface area contributed by atoms with Crippen LogP contribution in [0.2, 0.25) is 5.02 Å². The molecule has 1 rings (SSSR count). The van der Waals surface area contributed by atoms with Crippen molar-refractivity contribution in [3.63, 3.8) is 0 Å². The molecule has 18 heavy (non-hydrogen) atoms. The Balaban J connectivity index is 2.67. The Morgan fingerprint density at radius 1 is 1.33 bits per heavy atom. The van der Waals surface area contributed by atoms with Gasteiger partial charge in [0.05, 0.1) is 0 Å². The molecule has 0 aromatic heterocycles. The molecule has 0 fully saturated rings. The van der Waals surface area contributed by atoms with Crippen LogP contribution in [0, 0.1) is 11.7 Å². The van der Waals surface area contributed by atoms with Crippen LogP contribution in [-0.2, 0) is 6.42 Å². The van der Waals surface area contributed by atoms with Crippen molar-refractivity contribution in [3.8, 4) is 0 Å². The zero-order valence-electron chi connectivity index (χ0n) is 11.5. The predicted octanol–water partition coefficient (Wildman–Crippen LogP) is 4.44. The second-order valence-corrected chi connectivity index (χ2v) is 5.26. The first-order chi connectivity index (χ1) is 8.58. The van der Waals surface area contributed by atoms with Gasteiger partial charge in [0.15, 0.2) is 0 Å². The summed E-state index contributed by atoms with van der Waals surface area (Å²) < 4.78 is 13.0. The van der Waals surface area contributed by atoms with Crippen LogP contribution >= 0.6 is 11.6 Å². The maximum Gasteiger partial charge on any atom is 0.124 e. The summed E-state index contributed by atoms with van der Waals surface area (Å²) in [6.45, 7) is 7.60. The smallest absolute Gasteiger partial charge is 0.124 e. The summed E-state index contributed by atoms with van der Waals surface area (Å²) in [6, 6.07) is 5.13. The summed E-state index contributed by atoms with van der Waals surface area (Å²) in [7, 11) is 0. The van der Waals surface area contributed by atoms with E-state index in [-0.39, 0.29) is 5.82 Å². The summed E-state index contributed by atoms with van der Waals surface area (Å²) in [4.78, 5) is 0. The molecule has 2 unspecified atom stereocenters. The Morgan fingerprint density at radius 2 is 2.06 bits per heavy atom. The summed E-state index contributed by atoms with van der Waals surface area (Å²) in [5.41, 5.74) is 1.04. The molecule has 1 aromatic carbocycles. The fraction of sp³-hybridized carbons (Fsp3) is 0.600. The lowest BCUT2D eigenvalue weighted by Gasteiger charge is -2.24. The van der Waals surface area contributed by atoms with Gasteiger partial charge in [-0.1, -0.05) is 37.9 Å². The van der Waals surface area contributed by atoms with Crippen molar-refractivity contribution < 1.29 is 4.39 Å². The summed E-state index contributed by atoms with van der Waals surface area (Å²) in [5.74, 6) is 0.258. The topological polar surface area (TPSA) is 12.0 Å². The minimum Gasteiger partial charge on any atom is -0.314 e. The first-order valence-corrected chi connectivity index (χ1v) is 7.13. The van der Waals surface area contributed by atoms with Crippen LogP contribution in [-0.4, -0.2) is 12.6 Å². The molecule has 1 nitrogen and oxygen atoms in total. The Bertz CT molecular complexity index is 368. The second-order valence-electron chi connectivity index (χ2n) is 4.85. The molecule has 3 heteroatoms. The van der Waals surface area contributed by atoms with Crippen LogP contribution in [0.5, 0.6) is 0 Å². The first-order valence-electron chi connectivity index (χ1n) is 6.75. The molecule has 1 N–H and O–H groups in total. The molecular weight excluding hydrogens is 249 g/mol. The van der Waals surface area contributed by atoms with Crippen LogP contribution in [0.3, 0.4) is 0 Å². The third-order valence-electron chi connectivity index (χ3n) is 3.45. The van der Waals surface area contributed by atoms with E-state index in [0.29, 0.717) is 17.0 Å². The quantitative estimate of drug-likeness (QED) is 0.773. The lowest BCUT2D eigenvalue weighted by Crippen LogP contribution is -2.34. The van der Waals surface area contributed by atoms with E-state index < -0.39 is 0 Å². The maximum atomic E-state index is 13.0. The van der Waals surface area contributed by atoms with Gasteiger partial charge in [0, 0.05) is 11.1 Å². The van der Waals surface area contributed by atoms with E-state index in [0.717, 1.165) is 31.4 Å². The van der Waals surface area contributed by atoms with Gasteiger partial charge in [-0.25, -0.2) is 4.39 Å². The standard InChI is InChI=1S/C15H23ClFN/c1-4-8-18-11(3)12(5-2)9-13-6-7-14(17)10-15(13)16/h6-7,10-12,18H,4-5,8-9H2,1-3H3. The molecule has 0 bridgehead atoms. The van der Waals surface area contributed by atoms with Crippen molar-refractivity contribution in [2.24, 2.45) is 5.92 Å². The highest BCUT2D eigenvalue weighted by Gasteiger charge is 2.16. The average molecular weight is 272 g/mol. The van der Waals surface area contributed by atoms with E-state index in [1.54, 1.807) is 6.07 Å². The van der Waals surface area contributed by atoms with E-state index in [2.05, 4.69) is 26.1 Å². The molecule has 0 saturated heterocycles. The van der Waals surface area contributed by atoms with E-state index >= 15 is 0 Å². The fourth-order valence-electron chi connectivity index (χ4n) is 2.18. The van der Waals surface area contributed by atoms with Crippen LogP contribution in [0.15, 0.2) is 18.2 Å². The first kappa shape index (κ1) is 15.5. The predicted molar refractivity (Wildman–Crippen MR) is 76.7 cm³/mol. The van der Waals surface area contributed by atoms with Gasteiger partial charge in [-0.3, -0.25) is 0 Å². The Kier molecular flexibility index (Phi) is 6.66. The number of rotatable bonds is 7.